The zero-order chi connectivity index (χ0) is 26.1. The summed E-state index contributed by atoms with van der Waals surface area (Å²) in [7, 11) is 0. The molecule has 2 aliphatic rings. The Labute approximate surface area is 223 Å². The lowest BCUT2D eigenvalue weighted by molar-refractivity contribution is -0.137. The van der Waals surface area contributed by atoms with Crippen LogP contribution in [-0.2, 0) is 20.9 Å². The van der Waals surface area contributed by atoms with Crippen LogP contribution in [0.5, 0.6) is 0 Å². The van der Waals surface area contributed by atoms with Gasteiger partial charge in [-0.2, -0.15) is 11.8 Å². The van der Waals surface area contributed by atoms with Gasteiger partial charge in [-0.1, -0.05) is 49.6 Å². The Bertz CT molecular complexity index is 874. The van der Waals surface area contributed by atoms with E-state index in [1.165, 1.54) is 53.8 Å². The van der Waals surface area contributed by atoms with Gasteiger partial charge in [0, 0.05) is 11.5 Å². The molecule has 1 aliphatic heterocycles. The third kappa shape index (κ3) is 8.88. The number of hydrogen-bond acceptors (Lipinski definition) is 7. The number of nitrogens with zero attached hydrogens (tertiary/aromatic N) is 2. The highest BCUT2D eigenvalue weighted by Crippen LogP contribution is 2.27. The van der Waals surface area contributed by atoms with E-state index in [1.54, 1.807) is 32.5 Å². The largest absolute Gasteiger partial charge is 0.444 e. The summed E-state index contributed by atoms with van der Waals surface area (Å²) < 4.78 is 5.49. The third-order valence-corrected chi connectivity index (χ3v) is 8.56. The molecule has 0 aromatic heterocycles. The molecular weight excluding hydrogens is 496 g/mol. The Morgan fingerprint density at radius 3 is 2.56 bits per heavy atom. The first-order valence-corrected chi connectivity index (χ1v) is 15.0. The van der Waals surface area contributed by atoms with E-state index >= 15 is 0 Å². The monoisotopic (exact) mass is 536 g/mol. The van der Waals surface area contributed by atoms with E-state index in [4.69, 9.17) is 10.6 Å². The first kappa shape index (κ1) is 28.7. The number of hydrazine groups is 1. The van der Waals surface area contributed by atoms with E-state index < -0.39 is 23.8 Å². The Balaban J connectivity index is 1.65. The van der Waals surface area contributed by atoms with E-state index in [0.29, 0.717) is 23.3 Å². The van der Waals surface area contributed by atoms with Gasteiger partial charge in [0.2, 0.25) is 5.91 Å². The number of nitrogens with two attached hydrogens (primary N) is 1. The van der Waals surface area contributed by atoms with Gasteiger partial charge < -0.3 is 10.1 Å². The van der Waals surface area contributed by atoms with E-state index in [1.807, 2.05) is 30.3 Å². The van der Waals surface area contributed by atoms with Gasteiger partial charge in [0.1, 0.15) is 17.7 Å². The van der Waals surface area contributed by atoms with Crippen molar-refractivity contribution in [1.82, 2.24) is 15.2 Å². The minimum Gasteiger partial charge on any atom is -0.444 e. The molecule has 2 atom stereocenters. The van der Waals surface area contributed by atoms with Crippen LogP contribution >= 0.6 is 23.5 Å². The number of benzene rings is 1. The normalized spacial score (nSPS) is 19.6. The summed E-state index contributed by atoms with van der Waals surface area (Å²) in [5.74, 6) is 8.38. The number of amides is 3. The van der Waals surface area contributed by atoms with Crippen molar-refractivity contribution in [2.75, 3.05) is 23.1 Å². The molecule has 200 valence electrons. The van der Waals surface area contributed by atoms with Gasteiger partial charge in [0.05, 0.1) is 12.4 Å². The molecule has 1 aromatic carbocycles. The molecule has 3 N–H and O–H groups in total. The van der Waals surface area contributed by atoms with Gasteiger partial charge in [-0.3, -0.25) is 19.5 Å². The highest BCUT2D eigenvalue weighted by Gasteiger charge is 2.39. The SMILES string of the molecule is CC(C)(C)OC(=O)N1CSC[C@H]1C(=O)N[C@@H](CSCC1CCCCC1)C(=O)N(N)Cc1ccccc1. The van der Waals surface area contributed by atoms with Crippen molar-refractivity contribution in [3.8, 4) is 0 Å². The molecule has 1 heterocycles. The zero-order valence-corrected chi connectivity index (χ0v) is 23.2. The Morgan fingerprint density at radius 2 is 1.89 bits per heavy atom. The summed E-state index contributed by atoms with van der Waals surface area (Å²) in [4.78, 5) is 40.7. The highest BCUT2D eigenvalue weighted by atomic mass is 32.2. The van der Waals surface area contributed by atoms with Crippen LogP contribution in [-0.4, -0.2) is 68.6 Å². The van der Waals surface area contributed by atoms with Crippen molar-refractivity contribution >= 4 is 41.4 Å². The minimum atomic E-state index is -0.772. The van der Waals surface area contributed by atoms with Gasteiger partial charge in [0.15, 0.2) is 0 Å². The molecule has 0 spiro atoms. The van der Waals surface area contributed by atoms with Crippen molar-refractivity contribution in [2.45, 2.75) is 77.1 Å². The second kappa shape index (κ2) is 13.6. The van der Waals surface area contributed by atoms with Crippen molar-refractivity contribution in [1.29, 1.82) is 0 Å². The predicted octanol–water partition coefficient (Wildman–Crippen LogP) is 4.00. The summed E-state index contributed by atoms with van der Waals surface area (Å²) in [5, 5.41) is 4.09. The minimum absolute atomic E-state index is 0.253. The van der Waals surface area contributed by atoms with E-state index in [2.05, 4.69) is 5.32 Å². The average Bonchev–Trinajstić information content (AvgIpc) is 3.34. The molecule has 0 unspecified atom stereocenters. The lowest BCUT2D eigenvalue weighted by atomic mass is 9.91. The lowest BCUT2D eigenvalue weighted by Gasteiger charge is -2.29. The quantitative estimate of drug-likeness (QED) is 0.279. The zero-order valence-electron chi connectivity index (χ0n) is 21.6. The predicted molar refractivity (Wildman–Crippen MR) is 146 cm³/mol. The van der Waals surface area contributed by atoms with Gasteiger partial charge >= 0.3 is 6.09 Å². The molecule has 10 heteroatoms. The molecule has 3 amide bonds. The molecule has 1 aromatic rings. The second-order valence-electron chi connectivity index (χ2n) is 10.5. The Morgan fingerprint density at radius 1 is 1.19 bits per heavy atom. The first-order valence-electron chi connectivity index (χ1n) is 12.7. The molecule has 8 nitrogen and oxygen atoms in total. The number of ether oxygens (including phenoxy) is 1. The van der Waals surface area contributed by atoms with Crippen molar-refractivity contribution in [2.24, 2.45) is 11.8 Å². The molecule has 0 bridgehead atoms. The van der Waals surface area contributed by atoms with Crippen molar-refractivity contribution in [3.05, 3.63) is 35.9 Å². The van der Waals surface area contributed by atoms with Gasteiger partial charge in [0.25, 0.3) is 5.91 Å². The number of hydrogen-bond donors (Lipinski definition) is 2. The maximum atomic E-state index is 13.3. The molecule has 1 aliphatic carbocycles. The average molecular weight is 537 g/mol. The van der Waals surface area contributed by atoms with E-state index in [9.17, 15) is 14.4 Å². The van der Waals surface area contributed by atoms with Crippen LogP contribution in [0.1, 0.15) is 58.4 Å². The van der Waals surface area contributed by atoms with Crippen LogP contribution in [0.3, 0.4) is 0 Å². The maximum absolute atomic E-state index is 13.3. The highest BCUT2D eigenvalue weighted by molar-refractivity contribution is 7.99. The molecule has 1 saturated heterocycles. The van der Waals surface area contributed by atoms with Crippen molar-refractivity contribution in [3.63, 3.8) is 0 Å². The summed E-state index contributed by atoms with van der Waals surface area (Å²) in [6.07, 6.45) is 5.74. The fraction of sp³-hybridized carbons (Fsp3) is 0.654. The Hall–Kier alpha value is -1.91. The lowest BCUT2D eigenvalue weighted by Crippen LogP contribution is -2.56. The maximum Gasteiger partial charge on any atom is 0.411 e. The molecule has 2 fully saturated rings. The molecule has 36 heavy (non-hydrogen) atoms. The molecule has 0 radical (unpaired) electrons. The number of nitrogens with one attached hydrogen (secondary N) is 1. The summed E-state index contributed by atoms with van der Waals surface area (Å²) in [6, 6.07) is 8.06. The first-order chi connectivity index (χ1) is 17.1. The second-order valence-corrected chi connectivity index (χ2v) is 12.6. The summed E-state index contributed by atoms with van der Waals surface area (Å²) >= 11 is 3.18. The fourth-order valence-electron chi connectivity index (χ4n) is 4.37. The summed E-state index contributed by atoms with van der Waals surface area (Å²) in [5.41, 5.74) is 0.258. The van der Waals surface area contributed by atoms with E-state index in [0.717, 1.165) is 11.3 Å². The third-order valence-electron chi connectivity index (χ3n) is 6.27. The smallest absolute Gasteiger partial charge is 0.411 e. The number of carbonyl (C=O) groups excluding carboxylic acids is 3. The molecule has 3 rings (SSSR count). The molecular formula is C26H40N4O4S2. The van der Waals surface area contributed by atoms with Crippen LogP contribution in [0.25, 0.3) is 0 Å². The number of carbonyl (C=O) groups is 3. The van der Waals surface area contributed by atoms with Crippen molar-refractivity contribution < 1.29 is 19.1 Å². The van der Waals surface area contributed by atoms with Gasteiger partial charge in [-0.15, -0.1) is 11.8 Å². The van der Waals surface area contributed by atoms with Gasteiger partial charge in [-0.05, 0) is 50.8 Å². The van der Waals surface area contributed by atoms with E-state index in [-0.39, 0.29) is 18.4 Å². The van der Waals surface area contributed by atoms with Crippen LogP contribution < -0.4 is 11.2 Å². The summed E-state index contributed by atoms with van der Waals surface area (Å²) in [6.45, 7) is 5.64. The number of thioether (sulfide) groups is 2. The molecule has 1 saturated carbocycles. The number of rotatable bonds is 9. The van der Waals surface area contributed by atoms with Crippen LogP contribution in [0.2, 0.25) is 0 Å². The van der Waals surface area contributed by atoms with Crippen LogP contribution in [0.4, 0.5) is 4.79 Å². The fourth-order valence-corrected chi connectivity index (χ4v) is 6.77. The van der Waals surface area contributed by atoms with Crippen LogP contribution in [0, 0.1) is 5.92 Å². The standard InChI is InChI=1S/C26H40N4O4S2/c1-26(2,3)34-25(33)29-18-36-17-22(29)23(31)28-21(16-35-15-20-12-8-5-9-13-20)24(32)30(27)14-19-10-6-4-7-11-19/h4,6-7,10-11,20-22H,5,8-9,12-18,27H2,1-3H3,(H,28,31)/t21-,22-/m0/s1. The van der Waals surface area contributed by atoms with Gasteiger partial charge in [-0.25, -0.2) is 10.6 Å². The van der Waals surface area contributed by atoms with Crippen LogP contribution in [0.15, 0.2) is 30.3 Å². The topological polar surface area (TPSA) is 105 Å². The Kier molecular flexibility index (Phi) is 10.8.